The van der Waals surface area contributed by atoms with E-state index in [1.165, 1.54) is 7.11 Å². The molecule has 0 fully saturated rings. The number of carbonyl (C=O) groups is 1. The first-order valence-corrected chi connectivity index (χ1v) is 5.37. The Balaban J connectivity index is 2.48. The molecule has 2 aromatic rings. The number of nitrogens with zero attached hydrogens (tertiary/aromatic N) is 1. The van der Waals surface area contributed by atoms with Crippen LogP contribution >= 0.6 is 11.3 Å². The van der Waals surface area contributed by atoms with E-state index >= 15 is 0 Å². The van der Waals surface area contributed by atoms with E-state index in [9.17, 15) is 4.79 Å². The van der Waals surface area contributed by atoms with E-state index in [1.54, 1.807) is 0 Å². The van der Waals surface area contributed by atoms with Crippen LogP contribution in [0, 0.1) is 0 Å². The highest BCUT2D eigenvalue weighted by molar-refractivity contribution is 7.17. The SMILES string of the molecule is COc1nc(-c2ccccc2)sc1C(=O)O. The third kappa shape index (κ3) is 1.90. The van der Waals surface area contributed by atoms with Crippen molar-refractivity contribution in [1.29, 1.82) is 0 Å². The summed E-state index contributed by atoms with van der Waals surface area (Å²) in [6.45, 7) is 0. The summed E-state index contributed by atoms with van der Waals surface area (Å²) in [7, 11) is 1.41. The molecule has 0 unspecified atom stereocenters. The molecule has 1 heterocycles. The van der Waals surface area contributed by atoms with Crippen molar-refractivity contribution < 1.29 is 14.6 Å². The summed E-state index contributed by atoms with van der Waals surface area (Å²) in [6.07, 6.45) is 0. The van der Waals surface area contributed by atoms with Crippen LogP contribution in [-0.4, -0.2) is 23.2 Å². The lowest BCUT2D eigenvalue weighted by Gasteiger charge is -1.93. The first-order chi connectivity index (χ1) is 7.72. The summed E-state index contributed by atoms with van der Waals surface area (Å²) in [5.41, 5.74) is 0.887. The Morgan fingerprint density at radius 1 is 1.38 bits per heavy atom. The highest BCUT2D eigenvalue weighted by Crippen LogP contribution is 2.31. The van der Waals surface area contributed by atoms with Gasteiger partial charge in [-0.2, -0.15) is 0 Å². The standard InChI is InChI=1S/C11H9NO3S/c1-15-9-8(11(13)14)16-10(12-9)7-5-3-2-4-6-7/h2-6H,1H3,(H,13,14). The summed E-state index contributed by atoms with van der Waals surface area (Å²) in [5, 5.41) is 9.60. The molecule has 0 aliphatic carbocycles. The van der Waals surface area contributed by atoms with Gasteiger partial charge in [0, 0.05) is 5.56 Å². The number of aromatic nitrogens is 1. The molecule has 0 radical (unpaired) electrons. The maximum absolute atomic E-state index is 10.9. The number of hydrogen-bond donors (Lipinski definition) is 1. The van der Waals surface area contributed by atoms with Crippen LogP contribution < -0.4 is 4.74 Å². The van der Waals surface area contributed by atoms with Crippen molar-refractivity contribution in [1.82, 2.24) is 4.98 Å². The highest BCUT2D eigenvalue weighted by atomic mass is 32.1. The number of rotatable bonds is 3. The summed E-state index contributed by atoms with van der Waals surface area (Å²) in [6, 6.07) is 9.41. The summed E-state index contributed by atoms with van der Waals surface area (Å²) < 4.78 is 4.93. The molecule has 0 aliphatic heterocycles. The van der Waals surface area contributed by atoms with E-state index in [2.05, 4.69) is 4.98 Å². The van der Waals surface area contributed by atoms with Crippen LogP contribution in [0.1, 0.15) is 9.67 Å². The fourth-order valence-corrected chi connectivity index (χ4v) is 2.16. The topological polar surface area (TPSA) is 59.4 Å². The predicted molar refractivity (Wildman–Crippen MR) is 61.1 cm³/mol. The summed E-state index contributed by atoms with van der Waals surface area (Å²) in [4.78, 5) is 15.2. The molecule has 0 amide bonds. The van der Waals surface area contributed by atoms with Crippen molar-refractivity contribution >= 4 is 17.3 Å². The molecule has 0 atom stereocenters. The molecule has 2 rings (SSSR count). The molecule has 82 valence electrons. The fourth-order valence-electron chi connectivity index (χ4n) is 1.28. The second-order valence-electron chi connectivity index (χ2n) is 3.03. The van der Waals surface area contributed by atoms with Crippen LogP contribution in [0.4, 0.5) is 0 Å². The van der Waals surface area contributed by atoms with Gasteiger partial charge in [0.2, 0.25) is 5.88 Å². The number of carboxylic acids is 1. The Morgan fingerprint density at radius 3 is 2.56 bits per heavy atom. The third-order valence-electron chi connectivity index (χ3n) is 2.00. The van der Waals surface area contributed by atoms with Crippen molar-refractivity contribution in [3.05, 3.63) is 35.2 Å². The minimum atomic E-state index is -1.02. The van der Waals surface area contributed by atoms with Gasteiger partial charge in [-0.15, -0.1) is 11.3 Å². The summed E-state index contributed by atoms with van der Waals surface area (Å²) in [5.74, 6) is -0.854. The Hall–Kier alpha value is -1.88. The largest absolute Gasteiger partial charge is 0.480 e. The monoisotopic (exact) mass is 235 g/mol. The van der Waals surface area contributed by atoms with Gasteiger partial charge < -0.3 is 9.84 Å². The van der Waals surface area contributed by atoms with E-state index in [-0.39, 0.29) is 10.8 Å². The quantitative estimate of drug-likeness (QED) is 0.888. The number of methoxy groups -OCH3 is 1. The Labute approximate surface area is 96.1 Å². The van der Waals surface area contributed by atoms with Gasteiger partial charge in [-0.25, -0.2) is 9.78 Å². The zero-order valence-corrected chi connectivity index (χ0v) is 9.32. The molecule has 1 aromatic carbocycles. The Kier molecular flexibility index (Phi) is 2.87. The van der Waals surface area contributed by atoms with Crippen molar-refractivity contribution in [3.8, 4) is 16.5 Å². The molecule has 1 aromatic heterocycles. The molecule has 0 aliphatic rings. The molecule has 0 saturated carbocycles. The zero-order chi connectivity index (χ0) is 11.5. The van der Waals surface area contributed by atoms with Gasteiger partial charge in [-0.1, -0.05) is 30.3 Å². The molecule has 16 heavy (non-hydrogen) atoms. The molecule has 1 N–H and O–H groups in total. The number of aromatic carboxylic acids is 1. The van der Waals surface area contributed by atoms with Crippen molar-refractivity contribution in [2.45, 2.75) is 0 Å². The first kappa shape index (κ1) is 10.6. The third-order valence-corrected chi connectivity index (χ3v) is 3.08. The second kappa shape index (κ2) is 4.32. The van der Waals surface area contributed by atoms with E-state index in [4.69, 9.17) is 9.84 Å². The Bertz CT molecular complexity index is 507. The van der Waals surface area contributed by atoms with Crippen molar-refractivity contribution in [2.24, 2.45) is 0 Å². The molecular formula is C11H9NO3S. The average molecular weight is 235 g/mol. The van der Waals surface area contributed by atoms with Gasteiger partial charge in [-0.05, 0) is 0 Å². The van der Waals surface area contributed by atoms with Gasteiger partial charge in [0.1, 0.15) is 5.01 Å². The van der Waals surface area contributed by atoms with Gasteiger partial charge in [0.05, 0.1) is 7.11 Å². The van der Waals surface area contributed by atoms with Gasteiger partial charge in [0.25, 0.3) is 0 Å². The molecule has 4 nitrogen and oxygen atoms in total. The van der Waals surface area contributed by atoms with Gasteiger partial charge >= 0.3 is 5.97 Å². The first-order valence-electron chi connectivity index (χ1n) is 4.56. The molecule has 0 spiro atoms. The van der Waals surface area contributed by atoms with Crippen LogP contribution in [-0.2, 0) is 0 Å². The number of carboxylic acid groups (broad SMARTS) is 1. The molecule has 0 saturated heterocycles. The lowest BCUT2D eigenvalue weighted by atomic mass is 10.2. The maximum Gasteiger partial charge on any atom is 0.351 e. The van der Waals surface area contributed by atoms with Crippen LogP contribution in [0.25, 0.3) is 10.6 Å². The van der Waals surface area contributed by atoms with E-state index in [0.717, 1.165) is 16.9 Å². The maximum atomic E-state index is 10.9. The summed E-state index contributed by atoms with van der Waals surface area (Å²) >= 11 is 1.11. The van der Waals surface area contributed by atoms with Crippen LogP contribution in [0.15, 0.2) is 30.3 Å². The van der Waals surface area contributed by atoms with E-state index in [1.807, 2.05) is 30.3 Å². The van der Waals surface area contributed by atoms with Crippen LogP contribution in [0.5, 0.6) is 5.88 Å². The minimum Gasteiger partial charge on any atom is -0.480 e. The van der Waals surface area contributed by atoms with Crippen LogP contribution in [0.3, 0.4) is 0 Å². The normalized spacial score (nSPS) is 10.1. The molecule has 0 bridgehead atoms. The highest BCUT2D eigenvalue weighted by Gasteiger charge is 2.18. The van der Waals surface area contributed by atoms with Gasteiger partial charge in [-0.3, -0.25) is 0 Å². The fraction of sp³-hybridized carbons (Fsp3) is 0.0909. The minimum absolute atomic E-state index is 0.126. The van der Waals surface area contributed by atoms with E-state index < -0.39 is 5.97 Å². The van der Waals surface area contributed by atoms with Gasteiger partial charge in [0.15, 0.2) is 4.88 Å². The number of ether oxygens (including phenoxy) is 1. The van der Waals surface area contributed by atoms with E-state index in [0.29, 0.717) is 5.01 Å². The Morgan fingerprint density at radius 2 is 2.06 bits per heavy atom. The second-order valence-corrected chi connectivity index (χ2v) is 4.03. The molecule has 5 heteroatoms. The van der Waals surface area contributed by atoms with Crippen molar-refractivity contribution in [2.75, 3.05) is 7.11 Å². The van der Waals surface area contributed by atoms with Crippen LogP contribution in [0.2, 0.25) is 0 Å². The number of hydrogen-bond acceptors (Lipinski definition) is 4. The van der Waals surface area contributed by atoms with Crippen molar-refractivity contribution in [3.63, 3.8) is 0 Å². The lowest BCUT2D eigenvalue weighted by molar-refractivity contribution is 0.0698. The average Bonchev–Trinajstić information content (AvgIpc) is 2.74. The molecular weight excluding hydrogens is 226 g/mol. The zero-order valence-electron chi connectivity index (χ0n) is 8.51. The smallest absolute Gasteiger partial charge is 0.351 e. The number of benzene rings is 1. The predicted octanol–water partition coefficient (Wildman–Crippen LogP) is 2.52. The number of thiazole rings is 1. The lowest BCUT2D eigenvalue weighted by Crippen LogP contribution is -1.95.